The smallest absolute Gasteiger partial charge is 0.268 e. The molecule has 13 aromatic rings. The Hall–Kier alpha value is -8.89. The molecule has 3 aromatic heterocycles. The molecule has 0 spiro atoms. The first-order valence-corrected chi connectivity index (χ1v) is 25.5. The van der Waals surface area contributed by atoms with Gasteiger partial charge in [0.1, 0.15) is 5.82 Å². The first-order valence-electron chi connectivity index (χ1n) is 25.5. The van der Waals surface area contributed by atoms with Crippen molar-refractivity contribution in [1.82, 2.24) is 14.1 Å². The van der Waals surface area contributed by atoms with Gasteiger partial charge in [-0.15, -0.1) is 29.7 Å². The van der Waals surface area contributed by atoms with Gasteiger partial charge in [-0.2, -0.15) is 18.2 Å². The molecule has 0 unspecified atom stereocenters. The average Bonchev–Trinajstić information content (AvgIpc) is 4.07. The van der Waals surface area contributed by atoms with Crippen LogP contribution in [0.25, 0.3) is 117 Å². The number of hydrogen-bond donors (Lipinski definition) is 0. The zero-order chi connectivity index (χ0) is 50.2. The second-order valence-corrected chi connectivity index (χ2v) is 20.3. The van der Waals surface area contributed by atoms with E-state index in [0.29, 0.717) is 11.5 Å². The van der Waals surface area contributed by atoms with E-state index in [0.717, 1.165) is 83.8 Å². The van der Waals surface area contributed by atoms with Crippen LogP contribution < -0.4 is 9.30 Å². The maximum atomic E-state index is 6.88. The van der Waals surface area contributed by atoms with Gasteiger partial charge >= 0.3 is 0 Å². The first-order chi connectivity index (χ1) is 36.8. The number of nitrogens with zero attached hydrogens (tertiary/aromatic N) is 4. The predicted octanol–water partition coefficient (Wildman–Crippen LogP) is 17.2. The Morgan fingerprint density at radius 1 is 0.500 bits per heavy atom. The quantitative estimate of drug-likeness (QED) is 0.112. The fraction of sp³-hybridized carbons (Fsp3) is 0.0571. The molecule has 0 N–H and O–H groups in total. The van der Waals surface area contributed by atoms with Crippen LogP contribution in [0, 0.1) is 18.5 Å². The van der Waals surface area contributed by atoms with Crippen LogP contribution in [-0.2, 0) is 26.5 Å². The molecule has 1 aliphatic rings. The number of ether oxygens (including phenoxy) is 1. The number of pyridine rings is 1. The minimum absolute atomic E-state index is 0. The Bertz CT molecular complexity index is 4370. The van der Waals surface area contributed by atoms with E-state index < -0.39 is 0 Å². The molecule has 0 aliphatic heterocycles. The van der Waals surface area contributed by atoms with E-state index in [1.54, 1.807) is 0 Å². The maximum Gasteiger partial charge on any atom is 0.268 e. The summed E-state index contributed by atoms with van der Waals surface area (Å²) in [6.07, 6.45) is 5.76. The number of rotatable bonds is 8. The Labute approximate surface area is 456 Å². The van der Waals surface area contributed by atoms with Crippen LogP contribution in [-0.4, -0.2) is 14.1 Å². The third-order valence-electron chi connectivity index (χ3n) is 14.7. The molecule has 0 radical (unpaired) electrons. The summed E-state index contributed by atoms with van der Waals surface area (Å²) in [5.74, 6) is 1.95. The monoisotopic (exact) mass is 1160 g/mol. The van der Waals surface area contributed by atoms with Crippen LogP contribution in [0.15, 0.2) is 237 Å². The summed E-state index contributed by atoms with van der Waals surface area (Å²) in [4.78, 5) is 5.11. The van der Waals surface area contributed by atoms with Crippen LogP contribution in [0.5, 0.6) is 11.5 Å². The SMILES string of the molecule is CC(C)(C)c1ccnc(-n2c3c(c4ccc(Oc5[c-]c(-n6[c-][n+](-c7c(-c8ccccc8)cccc7-c7cccc(-c8ccccc8)c7)c7ccccc76)ccc5)[c-]c42)-c2cccc4cccc(c24)-c2ccccc2-3)c1.[Pt]. The Morgan fingerprint density at radius 3 is 1.92 bits per heavy atom. The summed E-state index contributed by atoms with van der Waals surface area (Å²) >= 11 is 0. The molecular formula is C70H48N4OPt-2. The number of imidazole rings is 1. The van der Waals surface area contributed by atoms with E-state index in [4.69, 9.17) is 9.72 Å². The van der Waals surface area contributed by atoms with Crippen LogP contribution in [0.3, 0.4) is 0 Å². The molecular weight excluding hydrogens is 1110 g/mol. The van der Waals surface area contributed by atoms with Gasteiger partial charge in [0.2, 0.25) is 0 Å². The van der Waals surface area contributed by atoms with Crippen molar-refractivity contribution in [2.24, 2.45) is 0 Å². The van der Waals surface area contributed by atoms with E-state index in [1.165, 1.54) is 38.6 Å². The molecule has 1 aliphatic carbocycles. The molecule has 0 atom stereocenters. The Morgan fingerprint density at radius 2 is 1.12 bits per heavy atom. The average molecular weight is 1160 g/mol. The van der Waals surface area contributed by atoms with Crippen molar-refractivity contribution in [3.05, 3.63) is 261 Å². The summed E-state index contributed by atoms with van der Waals surface area (Å²) in [6, 6.07) is 89.2. The summed E-state index contributed by atoms with van der Waals surface area (Å²) in [6.45, 7) is 6.74. The molecule has 10 aromatic carbocycles. The van der Waals surface area contributed by atoms with Crippen LogP contribution >= 0.6 is 0 Å². The molecule has 0 bridgehead atoms. The largest absolute Gasteiger partial charge is 0.510 e. The molecule has 366 valence electrons. The van der Waals surface area contributed by atoms with E-state index in [2.05, 4.69) is 265 Å². The van der Waals surface area contributed by atoms with Crippen molar-refractivity contribution < 1.29 is 30.4 Å². The normalized spacial score (nSPS) is 11.8. The van der Waals surface area contributed by atoms with E-state index in [-0.39, 0.29) is 26.5 Å². The molecule has 3 heterocycles. The van der Waals surface area contributed by atoms with Crippen LogP contribution in [0.1, 0.15) is 26.3 Å². The van der Waals surface area contributed by atoms with Gasteiger partial charge in [-0.3, -0.25) is 4.57 Å². The van der Waals surface area contributed by atoms with Crippen LogP contribution in [0.2, 0.25) is 0 Å². The van der Waals surface area contributed by atoms with Crippen molar-refractivity contribution in [2.75, 3.05) is 0 Å². The second kappa shape index (κ2) is 18.8. The van der Waals surface area contributed by atoms with Gasteiger partial charge < -0.3 is 13.9 Å². The molecule has 0 saturated heterocycles. The number of hydrogen-bond acceptors (Lipinski definition) is 2. The molecule has 6 heteroatoms. The second-order valence-electron chi connectivity index (χ2n) is 20.3. The zero-order valence-electron chi connectivity index (χ0n) is 42.0. The number of aromatic nitrogens is 4. The van der Waals surface area contributed by atoms with Crippen molar-refractivity contribution in [2.45, 2.75) is 26.2 Å². The fourth-order valence-corrected chi connectivity index (χ4v) is 11.2. The predicted molar refractivity (Wildman–Crippen MR) is 305 cm³/mol. The number of fused-ring (bicyclic) bond motifs is 8. The van der Waals surface area contributed by atoms with Gasteiger partial charge in [0.05, 0.1) is 16.7 Å². The van der Waals surface area contributed by atoms with E-state index >= 15 is 0 Å². The standard InChI is InChI=1S/C70H48N4O.Pt/c1-70(2,3)51-39-40-71-65(42-51)74-64-44-54(37-38-60(64)67-61-34-16-24-48-23-15-33-58(66(48)61)57-29-10-11-30-59(57)69(67)74)75-53-28-17-27-52(43-53)72-45-73(63-36-13-12-35-62(63)72)68-55(47-21-8-5-9-22-47)31-18-32-56(68)50-26-14-25-49(41-50)46-19-6-4-7-20-46;/h4-42H,1-3H3;/q-2;. The summed E-state index contributed by atoms with van der Waals surface area (Å²) in [7, 11) is 0. The summed E-state index contributed by atoms with van der Waals surface area (Å²) < 4.78 is 13.5. The number of para-hydroxylation sites is 3. The molecule has 14 rings (SSSR count). The zero-order valence-corrected chi connectivity index (χ0v) is 44.3. The van der Waals surface area contributed by atoms with Gasteiger partial charge in [-0.05, 0) is 101 Å². The van der Waals surface area contributed by atoms with Gasteiger partial charge in [-0.1, -0.05) is 208 Å². The van der Waals surface area contributed by atoms with Gasteiger partial charge in [0.25, 0.3) is 6.33 Å². The minimum Gasteiger partial charge on any atom is -0.510 e. The van der Waals surface area contributed by atoms with Gasteiger partial charge in [0.15, 0.2) is 0 Å². The first kappa shape index (κ1) is 46.9. The molecule has 0 saturated carbocycles. The van der Waals surface area contributed by atoms with Gasteiger partial charge in [0, 0.05) is 50.0 Å². The Kier molecular flexibility index (Phi) is 11.6. The third kappa shape index (κ3) is 7.89. The summed E-state index contributed by atoms with van der Waals surface area (Å²) in [5.41, 5.74) is 19.5. The topological polar surface area (TPSA) is 35.9 Å². The van der Waals surface area contributed by atoms with Crippen LogP contribution in [0.4, 0.5) is 0 Å². The van der Waals surface area contributed by atoms with E-state index in [1.807, 2.05) is 24.4 Å². The van der Waals surface area contributed by atoms with Gasteiger partial charge in [-0.25, -0.2) is 4.98 Å². The minimum atomic E-state index is -0.0973. The molecule has 0 fully saturated rings. The summed E-state index contributed by atoms with van der Waals surface area (Å²) in [5, 5.41) is 3.51. The molecule has 76 heavy (non-hydrogen) atoms. The fourth-order valence-electron chi connectivity index (χ4n) is 11.2. The molecule has 5 nitrogen and oxygen atoms in total. The maximum absolute atomic E-state index is 6.88. The van der Waals surface area contributed by atoms with Crippen molar-refractivity contribution in [3.8, 4) is 95.6 Å². The van der Waals surface area contributed by atoms with E-state index in [9.17, 15) is 0 Å². The van der Waals surface area contributed by atoms with Crippen molar-refractivity contribution in [3.63, 3.8) is 0 Å². The Balaban J connectivity index is 0.00000553. The third-order valence-corrected chi connectivity index (χ3v) is 14.7. The molecule has 0 amide bonds. The van der Waals surface area contributed by atoms with Crippen molar-refractivity contribution >= 4 is 32.7 Å². The van der Waals surface area contributed by atoms with Crippen molar-refractivity contribution in [1.29, 1.82) is 0 Å². The number of benzene rings is 10.